The fourth-order valence-electron chi connectivity index (χ4n) is 3.09. The van der Waals surface area contributed by atoms with Gasteiger partial charge in [-0.3, -0.25) is 4.79 Å². The number of halogens is 1. The standard InChI is InChI=1S/C15H17FN2O2S/c16-15(4-5-15)13(19)18-9-14(10-18)7-11(8-21-14)20-12-3-1-2-6-17-12/h1-3,6,11H,4-5,7-10H2/t11-/m1/s1. The number of rotatable bonds is 3. The topological polar surface area (TPSA) is 42.4 Å². The van der Waals surface area contributed by atoms with Crippen LogP contribution < -0.4 is 4.74 Å². The SMILES string of the molecule is O=C(N1CC2(C[C@@H](Oc3ccccn3)CS2)C1)C1(F)CC1. The third-order valence-corrected chi connectivity index (χ3v) is 5.99. The molecule has 0 unspecified atom stereocenters. The van der Waals surface area contributed by atoms with Gasteiger partial charge in [-0.1, -0.05) is 6.07 Å². The van der Waals surface area contributed by atoms with Gasteiger partial charge in [0.2, 0.25) is 5.88 Å². The maximum absolute atomic E-state index is 13.8. The van der Waals surface area contributed by atoms with Gasteiger partial charge in [-0.2, -0.15) is 0 Å². The number of likely N-dealkylation sites (tertiary alicyclic amines) is 1. The molecule has 0 N–H and O–H groups in total. The molecule has 1 aliphatic carbocycles. The number of amides is 1. The summed E-state index contributed by atoms with van der Waals surface area (Å²) in [6.45, 7) is 1.31. The van der Waals surface area contributed by atoms with E-state index in [2.05, 4.69) is 4.98 Å². The lowest BCUT2D eigenvalue weighted by Gasteiger charge is -2.47. The molecule has 4 rings (SSSR count). The number of pyridine rings is 1. The lowest BCUT2D eigenvalue weighted by atomic mass is 9.92. The largest absolute Gasteiger partial charge is 0.473 e. The van der Waals surface area contributed by atoms with Crippen molar-refractivity contribution in [3.8, 4) is 5.88 Å². The number of carbonyl (C=O) groups excluding carboxylic acids is 1. The van der Waals surface area contributed by atoms with Crippen LogP contribution >= 0.6 is 11.8 Å². The lowest BCUT2D eigenvalue weighted by molar-refractivity contribution is -0.143. The smallest absolute Gasteiger partial charge is 0.260 e. The lowest BCUT2D eigenvalue weighted by Crippen LogP contribution is -2.62. The summed E-state index contributed by atoms with van der Waals surface area (Å²) in [6, 6.07) is 5.62. The number of hydrogen-bond donors (Lipinski definition) is 0. The fourth-order valence-corrected chi connectivity index (χ4v) is 4.61. The number of hydrogen-bond acceptors (Lipinski definition) is 4. The maximum atomic E-state index is 13.8. The summed E-state index contributed by atoms with van der Waals surface area (Å²) in [5, 5.41) is 0. The molecule has 4 nitrogen and oxygen atoms in total. The van der Waals surface area contributed by atoms with E-state index >= 15 is 0 Å². The van der Waals surface area contributed by atoms with E-state index in [-0.39, 0.29) is 16.8 Å². The first kappa shape index (κ1) is 13.4. The third-order valence-electron chi connectivity index (χ3n) is 4.42. The molecule has 1 aromatic rings. The molecule has 6 heteroatoms. The molecule has 1 amide bonds. The van der Waals surface area contributed by atoms with Gasteiger partial charge in [0.1, 0.15) is 6.10 Å². The molecule has 3 fully saturated rings. The molecule has 0 bridgehead atoms. The highest BCUT2D eigenvalue weighted by atomic mass is 32.2. The molecule has 2 saturated heterocycles. The van der Waals surface area contributed by atoms with Gasteiger partial charge in [0, 0.05) is 37.5 Å². The number of aromatic nitrogens is 1. The third kappa shape index (κ3) is 2.39. The zero-order valence-electron chi connectivity index (χ0n) is 11.6. The molecule has 1 aromatic heterocycles. The Morgan fingerprint density at radius 2 is 2.24 bits per heavy atom. The summed E-state index contributed by atoms with van der Waals surface area (Å²) in [4.78, 5) is 17.8. The van der Waals surface area contributed by atoms with Gasteiger partial charge in [0.15, 0.2) is 5.67 Å². The van der Waals surface area contributed by atoms with Crippen molar-refractivity contribution in [3.05, 3.63) is 24.4 Å². The first-order chi connectivity index (χ1) is 10.1. The highest BCUT2D eigenvalue weighted by molar-refractivity contribution is 8.01. The number of carbonyl (C=O) groups is 1. The number of alkyl halides is 1. The molecule has 1 atom stereocenters. The molecule has 21 heavy (non-hydrogen) atoms. The predicted octanol–water partition coefficient (Wildman–Crippen LogP) is 2.05. The fraction of sp³-hybridized carbons (Fsp3) is 0.600. The van der Waals surface area contributed by atoms with Gasteiger partial charge < -0.3 is 9.64 Å². The zero-order valence-corrected chi connectivity index (χ0v) is 12.4. The average molecular weight is 308 g/mol. The van der Waals surface area contributed by atoms with Crippen LogP contribution in [-0.4, -0.2) is 51.2 Å². The Balaban J connectivity index is 1.32. The molecular weight excluding hydrogens is 291 g/mol. The Bertz CT molecular complexity index is 558. The van der Waals surface area contributed by atoms with Gasteiger partial charge in [0.25, 0.3) is 5.91 Å². The molecule has 1 saturated carbocycles. The van der Waals surface area contributed by atoms with Crippen molar-refractivity contribution < 1.29 is 13.9 Å². The second-order valence-electron chi connectivity index (χ2n) is 6.23. The molecule has 1 spiro atoms. The van der Waals surface area contributed by atoms with Crippen LogP contribution in [0.5, 0.6) is 5.88 Å². The van der Waals surface area contributed by atoms with Crippen LogP contribution in [0, 0.1) is 0 Å². The maximum Gasteiger partial charge on any atom is 0.260 e. The van der Waals surface area contributed by atoms with Gasteiger partial charge in [-0.15, -0.1) is 11.8 Å². The van der Waals surface area contributed by atoms with E-state index in [0.29, 0.717) is 31.8 Å². The summed E-state index contributed by atoms with van der Waals surface area (Å²) in [5.41, 5.74) is -1.53. The molecule has 3 aliphatic rings. The van der Waals surface area contributed by atoms with Crippen molar-refractivity contribution >= 4 is 17.7 Å². The van der Waals surface area contributed by atoms with Crippen molar-refractivity contribution in [1.29, 1.82) is 0 Å². The summed E-state index contributed by atoms with van der Waals surface area (Å²) < 4.78 is 19.7. The van der Waals surface area contributed by atoms with Crippen molar-refractivity contribution in [2.45, 2.75) is 35.8 Å². The van der Waals surface area contributed by atoms with E-state index in [9.17, 15) is 9.18 Å². The molecule has 0 aromatic carbocycles. The van der Waals surface area contributed by atoms with Crippen LogP contribution in [0.3, 0.4) is 0 Å². The minimum atomic E-state index is -1.53. The van der Waals surface area contributed by atoms with Crippen molar-refractivity contribution in [3.63, 3.8) is 0 Å². The minimum Gasteiger partial charge on any atom is -0.473 e. The first-order valence-corrected chi connectivity index (χ1v) is 8.27. The van der Waals surface area contributed by atoms with Gasteiger partial charge in [0.05, 0.1) is 4.75 Å². The summed E-state index contributed by atoms with van der Waals surface area (Å²) in [5.74, 6) is 1.25. The van der Waals surface area contributed by atoms with Crippen LogP contribution in [0.25, 0.3) is 0 Å². The Kier molecular flexibility index (Phi) is 2.93. The quantitative estimate of drug-likeness (QED) is 0.857. The average Bonchev–Trinajstić information content (AvgIpc) is 3.06. The summed E-state index contributed by atoms with van der Waals surface area (Å²) in [6.07, 6.45) is 3.54. The molecule has 0 radical (unpaired) electrons. The summed E-state index contributed by atoms with van der Waals surface area (Å²) in [7, 11) is 0. The van der Waals surface area contributed by atoms with Gasteiger partial charge in [-0.05, 0) is 18.9 Å². The number of nitrogens with zero attached hydrogens (tertiary/aromatic N) is 2. The second-order valence-corrected chi connectivity index (χ2v) is 7.72. The first-order valence-electron chi connectivity index (χ1n) is 7.29. The van der Waals surface area contributed by atoms with Crippen LogP contribution in [0.15, 0.2) is 24.4 Å². The number of thioether (sulfide) groups is 1. The van der Waals surface area contributed by atoms with E-state index in [1.54, 1.807) is 11.1 Å². The van der Waals surface area contributed by atoms with E-state index in [1.165, 1.54) is 0 Å². The molecule has 3 heterocycles. The van der Waals surface area contributed by atoms with E-state index in [4.69, 9.17) is 4.74 Å². The van der Waals surface area contributed by atoms with E-state index < -0.39 is 5.67 Å². The number of ether oxygens (including phenoxy) is 1. The van der Waals surface area contributed by atoms with Crippen LogP contribution in [-0.2, 0) is 4.79 Å². The Hall–Kier alpha value is -1.30. The zero-order chi connectivity index (χ0) is 14.5. The Labute approximate surface area is 127 Å². The molecule has 112 valence electrons. The van der Waals surface area contributed by atoms with Gasteiger partial charge >= 0.3 is 0 Å². The van der Waals surface area contributed by atoms with Gasteiger partial charge in [-0.25, -0.2) is 9.37 Å². The highest BCUT2D eigenvalue weighted by Crippen LogP contribution is 2.49. The Morgan fingerprint density at radius 3 is 2.90 bits per heavy atom. The van der Waals surface area contributed by atoms with Crippen molar-refractivity contribution in [2.24, 2.45) is 0 Å². The van der Waals surface area contributed by atoms with E-state index in [1.807, 2.05) is 30.0 Å². The molecular formula is C15H17FN2O2S. The van der Waals surface area contributed by atoms with Crippen molar-refractivity contribution in [2.75, 3.05) is 18.8 Å². The van der Waals surface area contributed by atoms with Crippen LogP contribution in [0.1, 0.15) is 19.3 Å². The monoisotopic (exact) mass is 308 g/mol. The van der Waals surface area contributed by atoms with Crippen LogP contribution in [0.2, 0.25) is 0 Å². The normalized spacial score (nSPS) is 28.2. The molecule has 2 aliphatic heterocycles. The van der Waals surface area contributed by atoms with Crippen molar-refractivity contribution in [1.82, 2.24) is 9.88 Å². The predicted molar refractivity (Wildman–Crippen MR) is 78.1 cm³/mol. The highest BCUT2D eigenvalue weighted by Gasteiger charge is 2.59. The Morgan fingerprint density at radius 1 is 1.43 bits per heavy atom. The second kappa shape index (κ2) is 4.60. The van der Waals surface area contributed by atoms with Crippen LogP contribution in [0.4, 0.5) is 4.39 Å². The minimum absolute atomic E-state index is 0.0698. The van der Waals surface area contributed by atoms with E-state index in [0.717, 1.165) is 12.2 Å². The summed E-state index contributed by atoms with van der Waals surface area (Å²) >= 11 is 1.84.